The molecular weight excluding hydrogens is 472 g/mol. The van der Waals surface area contributed by atoms with E-state index in [1.54, 1.807) is 12.1 Å². The standard InChI is InChI=1S/C26H27ClN2O4S/c27-23-15-21(20-5-4-18-2-1-3-19(18)14-20)6-9-24(23)34(31,32)28-12-10-26(11-13-28)17-29(22-7-8-22)25(30)16-33-26/h1-2,4-6,9,14-15,22H,3,7-8,10-13,16-17H2. The average molecular weight is 499 g/mol. The zero-order valence-electron chi connectivity index (χ0n) is 18.9. The minimum absolute atomic E-state index is 0.0506. The summed E-state index contributed by atoms with van der Waals surface area (Å²) in [6, 6.07) is 11.8. The molecule has 0 unspecified atom stereocenters. The molecule has 0 aromatic heterocycles. The van der Waals surface area contributed by atoms with Crippen LogP contribution in [-0.2, 0) is 26.0 Å². The highest BCUT2D eigenvalue weighted by molar-refractivity contribution is 7.89. The van der Waals surface area contributed by atoms with Crippen molar-refractivity contribution in [2.24, 2.45) is 0 Å². The number of morpholine rings is 1. The smallest absolute Gasteiger partial charge is 0.248 e. The van der Waals surface area contributed by atoms with Crippen molar-refractivity contribution in [3.05, 3.63) is 58.6 Å². The molecule has 2 saturated heterocycles. The molecule has 2 heterocycles. The Morgan fingerprint density at radius 2 is 1.76 bits per heavy atom. The van der Waals surface area contributed by atoms with Crippen LogP contribution in [0.4, 0.5) is 0 Å². The predicted octanol–water partition coefficient (Wildman–Crippen LogP) is 4.12. The van der Waals surface area contributed by atoms with Gasteiger partial charge in [-0.25, -0.2) is 8.42 Å². The fourth-order valence-corrected chi connectivity index (χ4v) is 7.32. The molecule has 2 aliphatic carbocycles. The van der Waals surface area contributed by atoms with Crippen molar-refractivity contribution >= 4 is 33.6 Å². The maximum absolute atomic E-state index is 13.4. The van der Waals surface area contributed by atoms with Gasteiger partial charge >= 0.3 is 0 Å². The van der Waals surface area contributed by atoms with Gasteiger partial charge in [0, 0.05) is 19.1 Å². The van der Waals surface area contributed by atoms with Crippen molar-refractivity contribution in [1.82, 2.24) is 9.21 Å². The fraction of sp³-hybridized carbons (Fsp3) is 0.423. The number of hydrogen-bond donors (Lipinski definition) is 0. The second-order valence-corrected chi connectivity index (χ2v) is 12.1. The summed E-state index contributed by atoms with van der Waals surface area (Å²) >= 11 is 6.53. The van der Waals surface area contributed by atoms with E-state index in [1.807, 2.05) is 17.0 Å². The van der Waals surface area contributed by atoms with E-state index in [9.17, 15) is 13.2 Å². The van der Waals surface area contributed by atoms with Gasteiger partial charge in [-0.15, -0.1) is 0 Å². The second-order valence-electron chi connectivity index (χ2n) is 9.79. The Balaban J connectivity index is 1.18. The maximum atomic E-state index is 13.4. The van der Waals surface area contributed by atoms with E-state index in [2.05, 4.69) is 24.3 Å². The molecule has 2 aromatic carbocycles. The molecule has 1 amide bonds. The number of hydrogen-bond acceptors (Lipinski definition) is 4. The molecule has 6 rings (SSSR count). The van der Waals surface area contributed by atoms with Crippen LogP contribution in [0.1, 0.15) is 36.8 Å². The zero-order chi connectivity index (χ0) is 23.5. The van der Waals surface area contributed by atoms with Gasteiger partial charge < -0.3 is 9.64 Å². The van der Waals surface area contributed by atoms with Crippen molar-refractivity contribution < 1.29 is 17.9 Å². The number of allylic oxidation sites excluding steroid dienone is 1. The SMILES string of the molecule is O=C1COC2(CCN(S(=O)(=O)c3ccc(-c4ccc5c(c4)CC=C5)cc3Cl)CC2)CN1C1CC1. The minimum Gasteiger partial charge on any atom is -0.363 e. The van der Waals surface area contributed by atoms with Crippen molar-refractivity contribution in [2.45, 2.75) is 48.6 Å². The molecule has 34 heavy (non-hydrogen) atoms. The average Bonchev–Trinajstić information content (AvgIpc) is 3.57. The summed E-state index contributed by atoms with van der Waals surface area (Å²) < 4.78 is 34.4. The molecule has 8 heteroatoms. The van der Waals surface area contributed by atoms with Crippen LogP contribution in [0.25, 0.3) is 17.2 Å². The molecule has 2 aliphatic heterocycles. The van der Waals surface area contributed by atoms with Crippen LogP contribution in [0.2, 0.25) is 5.02 Å². The number of nitrogens with zero attached hydrogens (tertiary/aromatic N) is 2. The lowest BCUT2D eigenvalue weighted by atomic mass is 9.90. The molecule has 0 N–H and O–H groups in total. The first-order chi connectivity index (χ1) is 16.3. The third kappa shape index (κ3) is 3.88. The van der Waals surface area contributed by atoms with E-state index in [1.165, 1.54) is 15.4 Å². The molecule has 0 atom stereocenters. The largest absolute Gasteiger partial charge is 0.363 e. The van der Waals surface area contributed by atoms with E-state index in [-0.39, 0.29) is 22.4 Å². The van der Waals surface area contributed by atoms with Gasteiger partial charge in [-0.3, -0.25) is 4.79 Å². The normalized spacial score (nSPS) is 22.4. The van der Waals surface area contributed by atoms with Crippen LogP contribution in [-0.4, -0.2) is 61.4 Å². The number of sulfonamides is 1. The van der Waals surface area contributed by atoms with Gasteiger partial charge in [0.25, 0.3) is 0 Å². The number of benzene rings is 2. The van der Waals surface area contributed by atoms with Gasteiger partial charge in [-0.1, -0.05) is 48.0 Å². The van der Waals surface area contributed by atoms with Gasteiger partial charge in [0.15, 0.2) is 0 Å². The first-order valence-corrected chi connectivity index (χ1v) is 13.7. The highest BCUT2D eigenvalue weighted by Crippen LogP contribution is 2.38. The summed E-state index contributed by atoms with van der Waals surface area (Å²) in [5, 5.41) is 0.232. The van der Waals surface area contributed by atoms with Crippen LogP contribution < -0.4 is 0 Å². The third-order valence-electron chi connectivity index (χ3n) is 7.56. The van der Waals surface area contributed by atoms with Crippen molar-refractivity contribution in [3.8, 4) is 11.1 Å². The van der Waals surface area contributed by atoms with Crippen LogP contribution in [0.15, 0.2) is 47.4 Å². The van der Waals surface area contributed by atoms with E-state index < -0.39 is 15.6 Å². The van der Waals surface area contributed by atoms with Crippen LogP contribution in [0, 0.1) is 0 Å². The molecule has 3 fully saturated rings. The van der Waals surface area contributed by atoms with Gasteiger partial charge in [-0.2, -0.15) is 4.31 Å². The number of piperidine rings is 1. The van der Waals surface area contributed by atoms with E-state index in [4.69, 9.17) is 16.3 Å². The van der Waals surface area contributed by atoms with Gasteiger partial charge in [0.1, 0.15) is 11.5 Å². The lowest BCUT2D eigenvalue weighted by Crippen LogP contribution is -2.59. The fourth-order valence-electron chi connectivity index (χ4n) is 5.36. The first kappa shape index (κ1) is 22.3. The second kappa shape index (κ2) is 8.19. The maximum Gasteiger partial charge on any atom is 0.248 e. The number of ether oxygens (including phenoxy) is 1. The molecule has 4 aliphatic rings. The Kier molecular flexibility index (Phi) is 5.37. The monoisotopic (exact) mass is 498 g/mol. The molecule has 0 radical (unpaired) electrons. The molecular formula is C26H27ClN2O4S. The molecule has 1 saturated carbocycles. The van der Waals surface area contributed by atoms with Crippen molar-refractivity contribution in [2.75, 3.05) is 26.2 Å². The summed E-state index contributed by atoms with van der Waals surface area (Å²) in [7, 11) is -3.73. The van der Waals surface area contributed by atoms with Gasteiger partial charge in [0.05, 0.1) is 17.2 Å². The quantitative estimate of drug-likeness (QED) is 0.636. The van der Waals surface area contributed by atoms with Crippen LogP contribution >= 0.6 is 11.6 Å². The number of fused-ring (bicyclic) bond motifs is 1. The third-order valence-corrected chi connectivity index (χ3v) is 9.94. The summed E-state index contributed by atoms with van der Waals surface area (Å²) in [6.07, 6.45) is 8.42. The number of halogens is 1. The summed E-state index contributed by atoms with van der Waals surface area (Å²) in [4.78, 5) is 14.3. The van der Waals surface area contributed by atoms with E-state index >= 15 is 0 Å². The number of rotatable bonds is 4. The summed E-state index contributed by atoms with van der Waals surface area (Å²) in [5.74, 6) is 0.0506. The zero-order valence-corrected chi connectivity index (χ0v) is 20.4. The highest BCUT2D eigenvalue weighted by Gasteiger charge is 2.47. The minimum atomic E-state index is -3.73. The van der Waals surface area contributed by atoms with Crippen molar-refractivity contribution in [1.29, 1.82) is 0 Å². The Morgan fingerprint density at radius 3 is 2.50 bits per heavy atom. The Hall–Kier alpha value is -2.19. The highest BCUT2D eigenvalue weighted by atomic mass is 35.5. The Bertz CT molecular complexity index is 1290. The molecule has 1 spiro atoms. The Morgan fingerprint density at radius 1 is 1.03 bits per heavy atom. The molecule has 0 bridgehead atoms. The van der Waals surface area contributed by atoms with Crippen molar-refractivity contribution in [3.63, 3.8) is 0 Å². The number of carbonyl (C=O) groups is 1. The first-order valence-electron chi connectivity index (χ1n) is 11.9. The topological polar surface area (TPSA) is 66.9 Å². The number of carbonyl (C=O) groups excluding carboxylic acids is 1. The van der Waals surface area contributed by atoms with Crippen LogP contribution in [0.5, 0.6) is 0 Å². The summed E-state index contributed by atoms with van der Waals surface area (Å²) in [5.41, 5.74) is 3.97. The predicted molar refractivity (Wildman–Crippen MR) is 131 cm³/mol. The van der Waals surface area contributed by atoms with E-state index in [0.29, 0.717) is 38.5 Å². The lowest BCUT2D eigenvalue weighted by molar-refractivity contribution is -0.170. The van der Waals surface area contributed by atoms with E-state index in [0.717, 1.165) is 30.4 Å². The Labute approximate surface area is 205 Å². The summed E-state index contributed by atoms with van der Waals surface area (Å²) in [6.45, 7) is 1.36. The molecule has 6 nitrogen and oxygen atoms in total. The lowest BCUT2D eigenvalue weighted by Gasteiger charge is -2.46. The van der Waals surface area contributed by atoms with Crippen LogP contribution in [0.3, 0.4) is 0 Å². The van der Waals surface area contributed by atoms with Gasteiger partial charge in [-0.05, 0) is 66.5 Å². The molecule has 178 valence electrons. The van der Waals surface area contributed by atoms with Gasteiger partial charge in [0.2, 0.25) is 15.9 Å². The molecule has 2 aromatic rings. The number of amides is 1.